The number of hydrogen-bond acceptors (Lipinski definition) is 2. The lowest BCUT2D eigenvalue weighted by molar-refractivity contribution is 1.32. The average Bonchev–Trinajstić information content (AvgIpc) is 2.23. The largest absolute Gasteiger partial charge is 0.254 e. The second-order valence-corrected chi connectivity index (χ2v) is 3.90. The number of nitriles is 1. The van der Waals surface area contributed by atoms with E-state index in [-0.39, 0.29) is 0 Å². The molecule has 0 bridgehead atoms. The molecule has 0 aliphatic carbocycles. The van der Waals surface area contributed by atoms with E-state index in [0.717, 1.165) is 22.0 Å². The molecule has 0 fully saturated rings. The van der Waals surface area contributed by atoms with Crippen LogP contribution in [0.1, 0.15) is 16.7 Å². The molecule has 3 heteroatoms. The molecule has 2 nitrogen and oxygen atoms in total. The van der Waals surface area contributed by atoms with Gasteiger partial charge in [0.05, 0.1) is 16.1 Å². The summed E-state index contributed by atoms with van der Waals surface area (Å²) in [5.74, 6) is 0. The fourth-order valence-electron chi connectivity index (χ4n) is 1.64. The van der Waals surface area contributed by atoms with E-state index >= 15 is 0 Å². The Bertz CT molecular complexity index is 582. The molecule has 2 aromatic rings. The lowest BCUT2D eigenvalue weighted by Gasteiger charge is -2.07. The third-order valence-corrected chi connectivity index (χ3v) is 2.88. The van der Waals surface area contributed by atoms with Crippen molar-refractivity contribution in [2.24, 2.45) is 0 Å². The third-order valence-electron chi connectivity index (χ3n) is 2.49. The molecule has 0 spiro atoms. The molecule has 0 saturated carbocycles. The number of aryl methyl sites for hydroxylation is 2. The Balaban J connectivity index is 3.00. The Hall–Kier alpha value is -1.59. The maximum atomic E-state index is 8.86. The van der Waals surface area contributed by atoms with E-state index in [2.05, 4.69) is 4.98 Å². The van der Waals surface area contributed by atoms with Gasteiger partial charge >= 0.3 is 0 Å². The van der Waals surface area contributed by atoms with E-state index in [1.807, 2.05) is 32.0 Å². The second-order valence-electron chi connectivity index (χ2n) is 3.52. The number of hydrogen-bond donors (Lipinski definition) is 0. The lowest BCUT2D eigenvalue weighted by atomic mass is 10.0. The van der Waals surface area contributed by atoms with Gasteiger partial charge < -0.3 is 0 Å². The molecule has 2 rings (SSSR count). The highest BCUT2D eigenvalue weighted by Gasteiger charge is 2.09. The highest BCUT2D eigenvalue weighted by molar-refractivity contribution is 6.36. The van der Waals surface area contributed by atoms with Crippen molar-refractivity contribution in [2.45, 2.75) is 13.8 Å². The lowest BCUT2D eigenvalue weighted by Crippen LogP contribution is -1.90. The standard InChI is InChI=1S/C12H9ClN2/c1-7-3-4-8(2)12-10(7)11(13)9(5-14)6-15-12/h3-4,6H,1-2H3. The van der Waals surface area contributed by atoms with Gasteiger partial charge in [0.25, 0.3) is 0 Å². The van der Waals surface area contributed by atoms with Crippen molar-refractivity contribution in [2.75, 3.05) is 0 Å². The predicted molar refractivity (Wildman–Crippen MR) is 60.9 cm³/mol. The minimum absolute atomic E-state index is 0.429. The van der Waals surface area contributed by atoms with E-state index in [9.17, 15) is 0 Å². The van der Waals surface area contributed by atoms with Crippen LogP contribution >= 0.6 is 11.6 Å². The summed E-state index contributed by atoms with van der Waals surface area (Å²) in [6.45, 7) is 3.95. The first-order valence-electron chi connectivity index (χ1n) is 4.59. The number of benzene rings is 1. The van der Waals surface area contributed by atoms with Crippen LogP contribution in [0.3, 0.4) is 0 Å². The summed E-state index contributed by atoms with van der Waals surface area (Å²) in [4.78, 5) is 4.27. The molecule has 15 heavy (non-hydrogen) atoms. The van der Waals surface area contributed by atoms with E-state index < -0.39 is 0 Å². The van der Waals surface area contributed by atoms with Crippen LogP contribution < -0.4 is 0 Å². The van der Waals surface area contributed by atoms with E-state index in [0.29, 0.717) is 10.6 Å². The molecular weight excluding hydrogens is 208 g/mol. The molecular formula is C12H9ClN2. The zero-order chi connectivity index (χ0) is 11.0. The molecule has 1 heterocycles. The Morgan fingerprint density at radius 2 is 1.93 bits per heavy atom. The smallest absolute Gasteiger partial charge is 0.102 e. The maximum Gasteiger partial charge on any atom is 0.102 e. The molecule has 0 N–H and O–H groups in total. The molecule has 1 aromatic carbocycles. The summed E-state index contributed by atoms with van der Waals surface area (Å²) in [7, 11) is 0. The third kappa shape index (κ3) is 1.45. The van der Waals surface area contributed by atoms with Crippen molar-refractivity contribution in [3.8, 4) is 6.07 Å². The van der Waals surface area contributed by atoms with Crippen molar-refractivity contribution in [1.29, 1.82) is 5.26 Å². The van der Waals surface area contributed by atoms with Crippen LogP contribution in [0.15, 0.2) is 18.3 Å². The van der Waals surface area contributed by atoms with Crippen LogP contribution in [0, 0.1) is 25.2 Å². The summed E-state index contributed by atoms with van der Waals surface area (Å²) in [5, 5.41) is 10.3. The Morgan fingerprint density at radius 3 is 2.60 bits per heavy atom. The summed E-state index contributed by atoms with van der Waals surface area (Å²) in [6, 6.07) is 6.04. The van der Waals surface area contributed by atoms with Crippen molar-refractivity contribution < 1.29 is 0 Å². The molecule has 0 radical (unpaired) electrons. The summed E-state index contributed by atoms with van der Waals surface area (Å²) in [6.07, 6.45) is 1.52. The van der Waals surface area contributed by atoms with Gasteiger partial charge in [-0.3, -0.25) is 4.98 Å². The average molecular weight is 217 g/mol. The van der Waals surface area contributed by atoms with Crippen molar-refractivity contribution >= 4 is 22.5 Å². The summed E-state index contributed by atoms with van der Waals surface area (Å²) < 4.78 is 0. The van der Waals surface area contributed by atoms with Crippen LogP contribution in [0.5, 0.6) is 0 Å². The van der Waals surface area contributed by atoms with E-state index in [1.54, 1.807) is 0 Å². The van der Waals surface area contributed by atoms with E-state index in [1.165, 1.54) is 6.20 Å². The summed E-state index contributed by atoms with van der Waals surface area (Å²) in [5.41, 5.74) is 3.42. The molecule has 0 saturated heterocycles. The number of fused-ring (bicyclic) bond motifs is 1. The van der Waals surface area contributed by atoms with Gasteiger partial charge in [0.1, 0.15) is 6.07 Å². The number of rotatable bonds is 0. The predicted octanol–water partition coefficient (Wildman–Crippen LogP) is 3.38. The zero-order valence-electron chi connectivity index (χ0n) is 8.50. The molecule has 1 aromatic heterocycles. The van der Waals surface area contributed by atoms with Gasteiger partial charge in [-0.2, -0.15) is 5.26 Å². The monoisotopic (exact) mass is 216 g/mol. The fourth-order valence-corrected chi connectivity index (χ4v) is 1.97. The van der Waals surface area contributed by atoms with Crippen LogP contribution in [0.4, 0.5) is 0 Å². The minimum Gasteiger partial charge on any atom is -0.254 e. The Kier molecular flexibility index (Phi) is 2.34. The maximum absolute atomic E-state index is 8.86. The van der Waals surface area contributed by atoms with Gasteiger partial charge in [0, 0.05) is 11.6 Å². The number of nitrogens with zero attached hydrogens (tertiary/aromatic N) is 2. The number of aromatic nitrogens is 1. The van der Waals surface area contributed by atoms with Gasteiger partial charge in [-0.1, -0.05) is 23.7 Å². The van der Waals surface area contributed by atoms with Gasteiger partial charge in [0.2, 0.25) is 0 Å². The second kappa shape index (κ2) is 3.52. The van der Waals surface area contributed by atoms with Crippen LogP contribution in [0.25, 0.3) is 10.9 Å². The van der Waals surface area contributed by atoms with Gasteiger partial charge in [-0.05, 0) is 25.0 Å². The quantitative estimate of drug-likeness (QED) is 0.677. The van der Waals surface area contributed by atoms with Crippen LogP contribution in [-0.2, 0) is 0 Å². The number of halogens is 1. The molecule has 74 valence electrons. The molecule has 0 amide bonds. The van der Waals surface area contributed by atoms with Gasteiger partial charge in [-0.25, -0.2) is 0 Å². The normalized spacial score (nSPS) is 10.3. The van der Waals surface area contributed by atoms with Crippen molar-refractivity contribution in [1.82, 2.24) is 4.98 Å². The van der Waals surface area contributed by atoms with Crippen LogP contribution in [-0.4, -0.2) is 4.98 Å². The fraction of sp³-hybridized carbons (Fsp3) is 0.167. The Labute approximate surface area is 93.1 Å². The first-order chi connectivity index (χ1) is 7.15. The minimum atomic E-state index is 0.429. The molecule has 0 aliphatic rings. The topological polar surface area (TPSA) is 36.7 Å². The molecule has 0 aliphatic heterocycles. The molecule has 0 unspecified atom stereocenters. The Morgan fingerprint density at radius 1 is 1.27 bits per heavy atom. The van der Waals surface area contributed by atoms with Crippen LogP contribution in [0.2, 0.25) is 5.02 Å². The van der Waals surface area contributed by atoms with Gasteiger partial charge in [-0.15, -0.1) is 0 Å². The van der Waals surface area contributed by atoms with Crippen molar-refractivity contribution in [3.05, 3.63) is 40.0 Å². The molecule has 0 atom stereocenters. The van der Waals surface area contributed by atoms with E-state index in [4.69, 9.17) is 16.9 Å². The summed E-state index contributed by atoms with van der Waals surface area (Å²) >= 11 is 6.16. The highest BCUT2D eigenvalue weighted by atomic mass is 35.5. The first-order valence-corrected chi connectivity index (χ1v) is 4.97. The van der Waals surface area contributed by atoms with Gasteiger partial charge in [0.15, 0.2) is 0 Å². The van der Waals surface area contributed by atoms with Crippen molar-refractivity contribution in [3.63, 3.8) is 0 Å². The first kappa shape index (κ1) is 9.95. The number of pyridine rings is 1. The highest BCUT2D eigenvalue weighted by Crippen LogP contribution is 2.29. The zero-order valence-corrected chi connectivity index (χ0v) is 9.26. The SMILES string of the molecule is Cc1ccc(C)c2c(Cl)c(C#N)cnc12.